The van der Waals surface area contributed by atoms with Gasteiger partial charge in [0.25, 0.3) is 0 Å². The molecule has 0 aromatic rings. The summed E-state index contributed by atoms with van der Waals surface area (Å²) in [6, 6.07) is 0. The van der Waals surface area contributed by atoms with Crippen molar-refractivity contribution in [2.24, 2.45) is 23.7 Å². The van der Waals surface area contributed by atoms with Crippen LogP contribution < -0.4 is 0 Å². The van der Waals surface area contributed by atoms with E-state index in [4.69, 9.17) is 37.0 Å². The molecule has 0 rings (SSSR count). The Morgan fingerprint density at radius 3 is 0.713 bits per heavy atom. The summed E-state index contributed by atoms with van der Waals surface area (Å²) in [5.41, 5.74) is 0. The average molecular weight is 1280 g/mol. The molecule has 17 nitrogen and oxygen atoms in total. The summed E-state index contributed by atoms with van der Waals surface area (Å²) in [7, 11) is -9.90. The van der Waals surface area contributed by atoms with Crippen molar-refractivity contribution in [1.82, 2.24) is 0 Å². The average Bonchev–Trinajstić information content (AvgIpc) is 3.66. The van der Waals surface area contributed by atoms with Gasteiger partial charge in [-0.2, -0.15) is 0 Å². The molecular formula is C68H132O17P2. The van der Waals surface area contributed by atoms with Gasteiger partial charge in [-0.3, -0.25) is 37.3 Å². The zero-order valence-corrected chi connectivity index (χ0v) is 58.4. The maximum absolute atomic E-state index is 13.0. The van der Waals surface area contributed by atoms with E-state index in [1.165, 1.54) is 135 Å². The number of rotatable bonds is 65. The van der Waals surface area contributed by atoms with Gasteiger partial charge >= 0.3 is 39.5 Å². The van der Waals surface area contributed by atoms with Crippen molar-refractivity contribution >= 4 is 39.5 Å². The first kappa shape index (κ1) is 85.1. The summed E-state index contributed by atoms with van der Waals surface area (Å²) < 4.78 is 68.2. The molecule has 5 atom stereocenters. The van der Waals surface area contributed by atoms with E-state index in [2.05, 4.69) is 55.4 Å². The minimum Gasteiger partial charge on any atom is -0.462 e. The third kappa shape index (κ3) is 62.6. The van der Waals surface area contributed by atoms with E-state index >= 15 is 0 Å². The molecule has 0 aliphatic heterocycles. The van der Waals surface area contributed by atoms with Crippen molar-refractivity contribution in [3.05, 3.63) is 0 Å². The van der Waals surface area contributed by atoms with E-state index in [9.17, 15) is 43.2 Å². The monoisotopic (exact) mass is 1280 g/mol. The van der Waals surface area contributed by atoms with E-state index in [1.807, 2.05) is 0 Å². The molecule has 3 N–H and O–H groups in total. The number of ether oxygens (including phenoxy) is 4. The lowest BCUT2D eigenvalue weighted by Crippen LogP contribution is -2.30. The van der Waals surface area contributed by atoms with Crippen LogP contribution in [-0.2, 0) is 65.4 Å². The summed E-state index contributed by atoms with van der Waals surface area (Å²) in [6.45, 7) is 14.0. The van der Waals surface area contributed by atoms with E-state index in [0.29, 0.717) is 31.6 Å². The Bertz CT molecular complexity index is 1730. The second-order valence-corrected chi connectivity index (χ2v) is 29.4. The van der Waals surface area contributed by atoms with Gasteiger partial charge in [0.15, 0.2) is 12.2 Å². The summed E-state index contributed by atoms with van der Waals surface area (Å²) in [5.74, 6) is 0.797. The lowest BCUT2D eigenvalue weighted by molar-refractivity contribution is -0.161. The van der Waals surface area contributed by atoms with E-state index in [-0.39, 0.29) is 25.7 Å². The van der Waals surface area contributed by atoms with Crippen LogP contribution in [0.1, 0.15) is 331 Å². The van der Waals surface area contributed by atoms with Gasteiger partial charge in [-0.25, -0.2) is 9.13 Å². The number of unbranched alkanes of at least 4 members (excludes halogenated alkanes) is 31. The molecule has 3 unspecified atom stereocenters. The Morgan fingerprint density at radius 2 is 0.483 bits per heavy atom. The van der Waals surface area contributed by atoms with Crippen LogP contribution in [0.15, 0.2) is 0 Å². The Balaban J connectivity index is 5.26. The molecule has 0 aliphatic carbocycles. The molecule has 87 heavy (non-hydrogen) atoms. The van der Waals surface area contributed by atoms with Gasteiger partial charge in [-0.15, -0.1) is 0 Å². The van der Waals surface area contributed by atoms with Crippen molar-refractivity contribution < 1.29 is 80.2 Å². The summed E-state index contributed by atoms with van der Waals surface area (Å²) in [6.07, 6.45) is 39.0. The summed E-state index contributed by atoms with van der Waals surface area (Å²) in [4.78, 5) is 72.4. The van der Waals surface area contributed by atoms with Crippen molar-refractivity contribution in [2.75, 3.05) is 39.6 Å². The van der Waals surface area contributed by atoms with Crippen LogP contribution in [0.4, 0.5) is 0 Å². The van der Waals surface area contributed by atoms with Crippen LogP contribution in [0.3, 0.4) is 0 Å². The number of aliphatic hydroxyl groups excluding tert-OH is 1. The predicted octanol–water partition coefficient (Wildman–Crippen LogP) is 18.9. The van der Waals surface area contributed by atoms with Gasteiger partial charge in [-0.1, -0.05) is 280 Å². The van der Waals surface area contributed by atoms with Crippen molar-refractivity contribution in [3.8, 4) is 0 Å². The molecule has 0 saturated heterocycles. The maximum atomic E-state index is 13.0. The van der Waals surface area contributed by atoms with Crippen LogP contribution in [0, 0.1) is 23.7 Å². The molecule has 0 heterocycles. The number of hydrogen-bond donors (Lipinski definition) is 3. The van der Waals surface area contributed by atoms with Gasteiger partial charge in [0.1, 0.15) is 19.3 Å². The maximum Gasteiger partial charge on any atom is 0.472 e. The Kier molecular flexibility index (Phi) is 56.6. The molecule has 0 bridgehead atoms. The van der Waals surface area contributed by atoms with Crippen LogP contribution >= 0.6 is 15.6 Å². The first-order valence-electron chi connectivity index (χ1n) is 35.2. The first-order valence-corrected chi connectivity index (χ1v) is 38.2. The van der Waals surface area contributed by atoms with Crippen LogP contribution in [-0.4, -0.2) is 96.7 Å². The Hall–Kier alpha value is -1.94. The molecule has 516 valence electrons. The Labute approximate surface area is 530 Å². The fourth-order valence-electron chi connectivity index (χ4n) is 10.1. The number of esters is 4. The number of aliphatic hydroxyl groups is 1. The highest BCUT2D eigenvalue weighted by molar-refractivity contribution is 7.47. The molecule has 0 spiro atoms. The summed E-state index contributed by atoms with van der Waals surface area (Å²) >= 11 is 0. The standard InChI is InChI=1S/C68H132O17P2/c1-58(2)44-36-28-20-13-10-9-11-15-26-34-42-50-67(72)84-63(54-78-65(70)48-40-32-24-16-12-14-21-29-37-45-59(3)4)56-82-86(74,75)80-52-62(69)53-81-87(76,77)83-57-64(85-68(73)51-43-35-27-19-23-31-39-47-61(7)8)55-79-66(71)49-41-33-25-18-17-22-30-38-46-60(5)6/h58-64,69H,9-57H2,1-8H3,(H,74,75)(H,76,77)/t62?,63-,64-/m1/s1. The fraction of sp³-hybridized carbons (Fsp3) is 0.941. The molecule has 19 heteroatoms. The molecular weight excluding hydrogens is 1150 g/mol. The number of phosphoric acid groups is 2. The fourth-order valence-corrected chi connectivity index (χ4v) is 11.7. The molecule has 0 aromatic heterocycles. The largest absolute Gasteiger partial charge is 0.472 e. The van der Waals surface area contributed by atoms with Crippen molar-refractivity contribution in [1.29, 1.82) is 0 Å². The SMILES string of the molecule is CC(C)CCCCCCCCCCCCCC(=O)O[C@H](COC(=O)CCCCCCCCCCCC(C)C)COP(=O)(O)OCC(O)COP(=O)(O)OC[C@@H](COC(=O)CCCCCCCCCCC(C)C)OC(=O)CCCCCCCCCC(C)C. The molecule has 0 amide bonds. The zero-order chi connectivity index (χ0) is 64.7. The molecule has 0 radical (unpaired) electrons. The molecule has 0 aromatic carbocycles. The van der Waals surface area contributed by atoms with Gasteiger partial charge in [0.2, 0.25) is 0 Å². The van der Waals surface area contributed by atoms with Crippen LogP contribution in [0.2, 0.25) is 0 Å². The highest BCUT2D eigenvalue weighted by Crippen LogP contribution is 2.45. The number of hydrogen-bond acceptors (Lipinski definition) is 15. The second kappa shape index (κ2) is 57.9. The lowest BCUT2D eigenvalue weighted by Gasteiger charge is -2.21. The summed E-state index contributed by atoms with van der Waals surface area (Å²) in [5, 5.41) is 10.6. The quantitative estimate of drug-likeness (QED) is 0.0222. The zero-order valence-electron chi connectivity index (χ0n) is 56.6. The van der Waals surface area contributed by atoms with E-state index in [0.717, 1.165) is 108 Å². The van der Waals surface area contributed by atoms with Gasteiger partial charge in [-0.05, 0) is 49.4 Å². The normalized spacial score (nSPS) is 14.3. The molecule has 0 fully saturated rings. The Morgan fingerprint density at radius 1 is 0.287 bits per heavy atom. The smallest absolute Gasteiger partial charge is 0.462 e. The molecule has 0 aliphatic rings. The minimum atomic E-state index is -4.95. The third-order valence-corrected chi connectivity index (χ3v) is 17.5. The second-order valence-electron chi connectivity index (χ2n) is 26.5. The van der Waals surface area contributed by atoms with Gasteiger partial charge < -0.3 is 33.8 Å². The topological polar surface area (TPSA) is 237 Å². The van der Waals surface area contributed by atoms with Gasteiger partial charge in [0.05, 0.1) is 26.4 Å². The first-order chi connectivity index (χ1) is 41.6. The number of phosphoric ester groups is 2. The minimum absolute atomic E-state index is 0.102. The van der Waals surface area contributed by atoms with Crippen molar-refractivity contribution in [3.63, 3.8) is 0 Å². The third-order valence-electron chi connectivity index (χ3n) is 15.6. The van der Waals surface area contributed by atoms with Crippen molar-refractivity contribution in [2.45, 2.75) is 350 Å². The predicted molar refractivity (Wildman–Crippen MR) is 349 cm³/mol. The van der Waals surface area contributed by atoms with E-state index in [1.54, 1.807) is 0 Å². The lowest BCUT2D eigenvalue weighted by atomic mass is 10.0. The number of carbonyl (C=O) groups is 4. The van der Waals surface area contributed by atoms with Gasteiger partial charge in [0, 0.05) is 25.7 Å². The van der Waals surface area contributed by atoms with Crippen LogP contribution in [0.25, 0.3) is 0 Å². The highest BCUT2D eigenvalue weighted by Gasteiger charge is 2.30. The van der Waals surface area contributed by atoms with Crippen LogP contribution in [0.5, 0.6) is 0 Å². The highest BCUT2D eigenvalue weighted by atomic mass is 31.2. The number of carbonyl (C=O) groups excluding carboxylic acids is 4. The molecule has 0 saturated carbocycles. The van der Waals surface area contributed by atoms with E-state index < -0.39 is 97.5 Å².